The first-order chi connectivity index (χ1) is 9.22. The van der Waals surface area contributed by atoms with E-state index in [1.807, 2.05) is 20.8 Å². The van der Waals surface area contributed by atoms with Crippen LogP contribution in [0.5, 0.6) is 0 Å². The molecule has 3 N–H and O–H groups in total. The normalized spacial score (nSPS) is 24.6. The number of hydrogen-bond acceptors (Lipinski definition) is 4. The summed E-state index contributed by atoms with van der Waals surface area (Å²) in [5.41, 5.74) is -1.41. The van der Waals surface area contributed by atoms with Gasteiger partial charge in [0.15, 0.2) is 0 Å². The van der Waals surface area contributed by atoms with Crippen LogP contribution in [0.2, 0.25) is 0 Å². The van der Waals surface area contributed by atoms with Crippen LogP contribution < -0.4 is 10.6 Å². The summed E-state index contributed by atoms with van der Waals surface area (Å²) in [7, 11) is 0. The van der Waals surface area contributed by atoms with E-state index in [9.17, 15) is 9.90 Å². The molecular formula is C15H28N2O3. The molecule has 0 aromatic rings. The van der Waals surface area contributed by atoms with E-state index in [4.69, 9.17) is 4.74 Å². The van der Waals surface area contributed by atoms with Gasteiger partial charge in [-0.05, 0) is 72.4 Å². The Morgan fingerprint density at radius 1 is 1.25 bits per heavy atom. The Balaban J connectivity index is 1.94. The summed E-state index contributed by atoms with van der Waals surface area (Å²) < 4.78 is 5.35. The zero-order valence-corrected chi connectivity index (χ0v) is 12.9. The molecule has 116 valence electrons. The summed E-state index contributed by atoms with van der Waals surface area (Å²) in [4.78, 5) is 12.0. The van der Waals surface area contributed by atoms with Crippen LogP contribution in [0.3, 0.4) is 0 Å². The van der Waals surface area contributed by atoms with Gasteiger partial charge in [-0.3, -0.25) is 0 Å². The molecule has 1 aliphatic carbocycles. The molecule has 2 aliphatic rings. The number of ether oxygens (including phenoxy) is 1. The molecule has 1 saturated carbocycles. The Morgan fingerprint density at radius 3 is 2.30 bits per heavy atom. The van der Waals surface area contributed by atoms with Crippen molar-refractivity contribution in [1.29, 1.82) is 0 Å². The molecule has 0 aromatic carbocycles. The molecule has 2 fully saturated rings. The monoisotopic (exact) mass is 284 g/mol. The summed E-state index contributed by atoms with van der Waals surface area (Å²) in [6.07, 6.45) is 4.75. The molecular weight excluding hydrogens is 256 g/mol. The van der Waals surface area contributed by atoms with Crippen LogP contribution in [0, 0.1) is 0 Å². The predicted octanol–water partition coefficient (Wildman–Crippen LogP) is 1.94. The Kier molecular flexibility index (Phi) is 4.30. The topological polar surface area (TPSA) is 70.6 Å². The lowest BCUT2D eigenvalue weighted by Crippen LogP contribution is -2.59. The molecule has 0 unspecified atom stereocenters. The average Bonchev–Trinajstić information content (AvgIpc) is 2.24. The van der Waals surface area contributed by atoms with Crippen LogP contribution >= 0.6 is 0 Å². The molecule has 2 rings (SSSR count). The molecule has 0 radical (unpaired) electrons. The Morgan fingerprint density at radius 2 is 1.85 bits per heavy atom. The molecule has 1 amide bonds. The van der Waals surface area contributed by atoms with Crippen molar-refractivity contribution in [2.45, 2.75) is 76.0 Å². The highest BCUT2D eigenvalue weighted by molar-refractivity contribution is 5.69. The van der Waals surface area contributed by atoms with Crippen molar-refractivity contribution in [2.75, 3.05) is 13.1 Å². The highest BCUT2D eigenvalue weighted by Gasteiger charge is 2.46. The second-order valence-corrected chi connectivity index (χ2v) is 7.41. The Bertz CT molecular complexity index is 353. The van der Waals surface area contributed by atoms with Gasteiger partial charge in [-0.1, -0.05) is 0 Å². The summed E-state index contributed by atoms with van der Waals surface area (Å²) >= 11 is 0. The molecule has 5 heteroatoms. The highest BCUT2D eigenvalue weighted by atomic mass is 16.6. The van der Waals surface area contributed by atoms with Gasteiger partial charge in [0.25, 0.3) is 0 Å². The summed E-state index contributed by atoms with van der Waals surface area (Å²) in [6, 6.07) is 0. The largest absolute Gasteiger partial charge is 0.444 e. The highest BCUT2D eigenvalue weighted by Crippen LogP contribution is 2.41. The van der Waals surface area contributed by atoms with Gasteiger partial charge >= 0.3 is 6.09 Å². The van der Waals surface area contributed by atoms with E-state index in [0.717, 1.165) is 45.2 Å². The van der Waals surface area contributed by atoms with Crippen molar-refractivity contribution in [3.8, 4) is 0 Å². The summed E-state index contributed by atoms with van der Waals surface area (Å²) in [5.74, 6) is 0. The third-order valence-electron chi connectivity index (χ3n) is 4.28. The molecule has 0 aromatic heterocycles. The number of hydrogen-bond donors (Lipinski definition) is 3. The van der Waals surface area contributed by atoms with Crippen LogP contribution in [-0.4, -0.2) is 41.0 Å². The fourth-order valence-electron chi connectivity index (χ4n) is 3.17. The maximum atomic E-state index is 12.0. The van der Waals surface area contributed by atoms with Crippen LogP contribution in [0.15, 0.2) is 0 Å². The molecule has 5 nitrogen and oxygen atoms in total. The lowest BCUT2D eigenvalue weighted by molar-refractivity contribution is -0.0408. The molecule has 0 spiro atoms. The van der Waals surface area contributed by atoms with Crippen molar-refractivity contribution in [3.05, 3.63) is 0 Å². The second-order valence-electron chi connectivity index (χ2n) is 7.41. The lowest BCUT2D eigenvalue weighted by Gasteiger charge is -2.48. The minimum absolute atomic E-state index is 0.269. The zero-order chi connectivity index (χ0) is 14.9. The second kappa shape index (κ2) is 5.53. The number of carbonyl (C=O) groups is 1. The van der Waals surface area contributed by atoms with Gasteiger partial charge in [0.1, 0.15) is 5.60 Å². The van der Waals surface area contributed by atoms with Gasteiger partial charge in [-0.2, -0.15) is 0 Å². The fraction of sp³-hybridized carbons (Fsp3) is 0.933. The van der Waals surface area contributed by atoms with Crippen molar-refractivity contribution >= 4 is 6.09 Å². The van der Waals surface area contributed by atoms with Gasteiger partial charge in [0.2, 0.25) is 0 Å². The van der Waals surface area contributed by atoms with Crippen molar-refractivity contribution in [1.82, 2.24) is 10.6 Å². The van der Waals surface area contributed by atoms with Crippen molar-refractivity contribution < 1.29 is 14.6 Å². The SMILES string of the molecule is CC(C)(C)OC(=O)NC1(CC2(O)CCNCC2)CCC1. The number of piperidine rings is 1. The van der Waals surface area contributed by atoms with E-state index < -0.39 is 11.2 Å². The molecule has 20 heavy (non-hydrogen) atoms. The maximum Gasteiger partial charge on any atom is 0.408 e. The molecule has 1 saturated heterocycles. The standard InChI is InChI=1S/C15H28N2O3/c1-13(2,3)20-12(18)17-14(5-4-6-14)11-15(19)7-9-16-10-8-15/h16,19H,4-11H2,1-3H3,(H,17,18). The minimum Gasteiger partial charge on any atom is -0.444 e. The van der Waals surface area contributed by atoms with E-state index in [1.165, 1.54) is 0 Å². The van der Waals surface area contributed by atoms with E-state index in [0.29, 0.717) is 6.42 Å². The predicted molar refractivity (Wildman–Crippen MR) is 77.6 cm³/mol. The summed E-state index contributed by atoms with van der Waals surface area (Å²) in [5, 5.41) is 17.0. The van der Waals surface area contributed by atoms with Crippen molar-refractivity contribution in [3.63, 3.8) is 0 Å². The van der Waals surface area contributed by atoms with Crippen LogP contribution in [0.1, 0.15) is 59.3 Å². The molecule has 1 heterocycles. The third kappa shape index (κ3) is 4.09. The van der Waals surface area contributed by atoms with Crippen LogP contribution in [-0.2, 0) is 4.74 Å². The first-order valence-electron chi connectivity index (χ1n) is 7.66. The quantitative estimate of drug-likeness (QED) is 0.740. The average molecular weight is 284 g/mol. The number of nitrogens with one attached hydrogen (secondary N) is 2. The van der Waals surface area contributed by atoms with Gasteiger partial charge in [0.05, 0.1) is 5.60 Å². The van der Waals surface area contributed by atoms with Crippen molar-refractivity contribution in [2.24, 2.45) is 0 Å². The maximum absolute atomic E-state index is 12.0. The van der Waals surface area contributed by atoms with Gasteiger partial charge < -0.3 is 20.5 Å². The fourth-order valence-corrected chi connectivity index (χ4v) is 3.17. The van der Waals surface area contributed by atoms with Gasteiger partial charge in [-0.25, -0.2) is 4.79 Å². The molecule has 0 atom stereocenters. The Labute approximate surface area is 121 Å². The van der Waals surface area contributed by atoms with E-state index in [-0.39, 0.29) is 11.6 Å². The van der Waals surface area contributed by atoms with E-state index >= 15 is 0 Å². The first kappa shape index (κ1) is 15.6. The smallest absolute Gasteiger partial charge is 0.408 e. The first-order valence-corrected chi connectivity index (χ1v) is 7.66. The molecule has 1 aliphatic heterocycles. The third-order valence-corrected chi connectivity index (χ3v) is 4.28. The minimum atomic E-state index is -0.652. The van der Waals surface area contributed by atoms with Gasteiger partial charge in [0, 0.05) is 5.54 Å². The van der Waals surface area contributed by atoms with Gasteiger partial charge in [-0.15, -0.1) is 0 Å². The molecule has 0 bridgehead atoms. The number of carbonyl (C=O) groups excluding carboxylic acids is 1. The van der Waals surface area contributed by atoms with Crippen LogP contribution in [0.4, 0.5) is 4.79 Å². The Hall–Kier alpha value is -0.810. The van der Waals surface area contributed by atoms with E-state index in [1.54, 1.807) is 0 Å². The number of alkyl carbamates (subject to hydrolysis) is 1. The number of rotatable bonds is 3. The van der Waals surface area contributed by atoms with E-state index in [2.05, 4.69) is 10.6 Å². The zero-order valence-electron chi connectivity index (χ0n) is 12.9. The number of aliphatic hydroxyl groups is 1. The number of amides is 1. The lowest BCUT2D eigenvalue weighted by atomic mass is 9.68. The summed E-state index contributed by atoms with van der Waals surface area (Å²) in [6.45, 7) is 7.28. The van der Waals surface area contributed by atoms with Crippen LogP contribution in [0.25, 0.3) is 0 Å².